The van der Waals surface area contributed by atoms with Crippen LogP contribution in [0.5, 0.6) is 11.5 Å². The summed E-state index contributed by atoms with van der Waals surface area (Å²) < 4.78 is 11.4. The number of benzene rings is 2. The lowest BCUT2D eigenvalue weighted by Crippen LogP contribution is -2.08. The van der Waals surface area contributed by atoms with E-state index in [2.05, 4.69) is 21.2 Å². The van der Waals surface area contributed by atoms with Crippen molar-refractivity contribution in [2.24, 2.45) is 0 Å². The van der Waals surface area contributed by atoms with Gasteiger partial charge in [-0.25, -0.2) is 0 Å². The first-order valence-electron chi connectivity index (χ1n) is 6.69. The SMILES string of the molecule is COc1ccc(Br)cc1/C=C/C(=O)Nc1cc(Cl)ccc1OC. The Morgan fingerprint density at radius 1 is 1.13 bits per heavy atom. The van der Waals surface area contributed by atoms with Crippen molar-refractivity contribution in [2.75, 3.05) is 19.5 Å². The van der Waals surface area contributed by atoms with E-state index in [1.807, 2.05) is 18.2 Å². The van der Waals surface area contributed by atoms with Crippen LogP contribution in [0.2, 0.25) is 5.02 Å². The summed E-state index contributed by atoms with van der Waals surface area (Å²) >= 11 is 9.33. The fourth-order valence-corrected chi connectivity index (χ4v) is 2.50. The molecule has 23 heavy (non-hydrogen) atoms. The molecule has 0 spiro atoms. The van der Waals surface area contributed by atoms with Gasteiger partial charge in [-0.1, -0.05) is 27.5 Å². The van der Waals surface area contributed by atoms with Crippen LogP contribution in [0.3, 0.4) is 0 Å². The van der Waals surface area contributed by atoms with Crippen LogP contribution in [0.4, 0.5) is 5.69 Å². The van der Waals surface area contributed by atoms with Crippen molar-refractivity contribution in [3.8, 4) is 11.5 Å². The van der Waals surface area contributed by atoms with Gasteiger partial charge in [0.1, 0.15) is 11.5 Å². The lowest BCUT2D eigenvalue weighted by atomic mass is 10.2. The van der Waals surface area contributed by atoms with Gasteiger partial charge < -0.3 is 14.8 Å². The molecule has 2 aromatic carbocycles. The van der Waals surface area contributed by atoms with Crippen molar-refractivity contribution in [2.45, 2.75) is 0 Å². The maximum absolute atomic E-state index is 12.1. The number of anilines is 1. The first-order valence-corrected chi connectivity index (χ1v) is 7.86. The summed E-state index contributed by atoms with van der Waals surface area (Å²) in [7, 11) is 3.11. The molecule has 4 nitrogen and oxygen atoms in total. The van der Waals surface area contributed by atoms with E-state index < -0.39 is 0 Å². The highest BCUT2D eigenvalue weighted by atomic mass is 79.9. The molecule has 2 rings (SSSR count). The van der Waals surface area contributed by atoms with Crippen LogP contribution in [0, 0.1) is 0 Å². The molecule has 6 heteroatoms. The molecule has 0 aliphatic carbocycles. The molecule has 0 heterocycles. The molecule has 120 valence electrons. The van der Waals surface area contributed by atoms with Crippen LogP contribution in [0.15, 0.2) is 46.9 Å². The molecule has 0 radical (unpaired) electrons. The lowest BCUT2D eigenvalue weighted by molar-refractivity contribution is -0.111. The summed E-state index contributed by atoms with van der Waals surface area (Å²) in [5, 5.41) is 3.25. The molecule has 1 N–H and O–H groups in total. The second-order valence-corrected chi connectivity index (χ2v) is 5.91. The van der Waals surface area contributed by atoms with Gasteiger partial charge in [-0.15, -0.1) is 0 Å². The second kappa shape index (κ2) is 8.04. The second-order valence-electron chi connectivity index (χ2n) is 4.55. The molecule has 2 aromatic rings. The van der Waals surface area contributed by atoms with Gasteiger partial charge in [0.2, 0.25) is 5.91 Å². The fourth-order valence-electron chi connectivity index (χ4n) is 1.95. The smallest absolute Gasteiger partial charge is 0.248 e. The Labute approximate surface area is 148 Å². The first-order chi connectivity index (χ1) is 11.0. The third-order valence-electron chi connectivity index (χ3n) is 3.03. The van der Waals surface area contributed by atoms with Crippen molar-refractivity contribution in [3.63, 3.8) is 0 Å². The van der Waals surface area contributed by atoms with Gasteiger partial charge in [-0.05, 0) is 42.5 Å². The molecule has 0 unspecified atom stereocenters. The predicted octanol–water partition coefficient (Wildman–Crippen LogP) is 4.77. The Morgan fingerprint density at radius 3 is 2.52 bits per heavy atom. The van der Waals surface area contributed by atoms with E-state index in [1.54, 1.807) is 31.4 Å². The van der Waals surface area contributed by atoms with Crippen LogP contribution in [0.25, 0.3) is 6.08 Å². The number of hydrogen-bond donors (Lipinski definition) is 1. The predicted molar refractivity (Wildman–Crippen MR) is 96.4 cm³/mol. The molecule has 0 aliphatic heterocycles. The molecule has 0 fully saturated rings. The van der Waals surface area contributed by atoms with Gasteiger partial charge in [0, 0.05) is 21.1 Å². The monoisotopic (exact) mass is 395 g/mol. The molecule has 0 saturated carbocycles. The van der Waals surface area contributed by atoms with E-state index in [0.29, 0.717) is 22.2 Å². The van der Waals surface area contributed by atoms with Gasteiger partial charge >= 0.3 is 0 Å². The summed E-state index contributed by atoms with van der Waals surface area (Å²) in [6.45, 7) is 0. The minimum atomic E-state index is -0.299. The van der Waals surface area contributed by atoms with E-state index >= 15 is 0 Å². The Hall–Kier alpha value is -1.98. The number of methoxy groups -OCH3 is 2. The van der Waals surface area contributed by atoms with Crippen LogP contribution < -0.4 is 14.8 Å². The van der Waals surface area contributed by atoms with Gasteiger partial charge in [0.15, 0.2) is 0 Å². The number of rotatable bonds is 5. The number of carbonyl (C=O) groups is 1. The summed E-state index contributed by atoms with van der Waals surface area (Å²) in [5.74, 6) is 0.918. The number of amides is 1. The summed E-state index contributed by atoms with van der Waals surface area (Å²) in [4.78, 5) is 12.1. The summed E-state index contributed by atoms with van der Waals surface area (Å²) in [5.41, 5.74) is 1.30. The van der Waals surface area contributed by atoms with E-state index in [1.165, 1.54) is 13.2 Å². The van der Waals surface area contributed by atoms with E-state index in [0.717, 1.165) is 10.0 Å². The number of carbonyl (C=O) groups excluding carboxylic acids is 1. The normalized spacial score (nSPS) is 10.6. The summed E-state index contributed by atoms with van der Waals surface area (Å²) in [6, 6.07) is 10.6. The fraction of sp³-hybridized carbons (Fsp3) is 0.118. The van der Waals surface area contributed by atoms with Crippen LogP contribution >= 0.6 is 27.5 Å². The molecular weight excluding hydrogens is 382 g/mol. The van der Waals surface area contributed by atoms with E-state index in [9.17, 15) is 4.79 Å². The highest BCUT2D eigenvalue weighted by molar-refractivity contribution is 9.10. The Balaban J connectivity index is 2.17. The minimum Gasteiger partial charge on any atom is -0.496 e. The zero-order chi connectivity index (χ0) is 16.8. The summed E-state index contributed by atoms with van der Waals surface area (Å²) in [6.07, 6.45) is 3.10. The van der Waals surface area contributed by atoms with Crippen LogP contribution in [-0.2, 0) is 4.79 Å². The van der Waals surface area contributed by atoms with Gasteiger partial charge in [-0.3, -0.25) is 4.79 Å². The zero-order valence-corrected chi connectivity index (χ0v) is 14.9. The molecule has 1 amide bonds. The third-order valence-corrected chi connectivity index (χ3v) is 3.75. The Kier molecular flexibility index (Phi) is 6.07. The highest BCUT2D eigenvalue weighted by Crippen LogP contribution is 2.28. The van der Waals surface area contributed by atoms with Crippen molar-refractivity contribution in [3.05, 3.63) is 57.5 Å². The average molecular weight is 397 g/mol. The van der Waals surface area contributed by atoms with Gasteiger partial charge in [0.25, 0.3) is 0 Å². The minimum absolute atomic E-state index is 0.299. The quantitative estimate of drug-likeness (QED) is 0.741. The number of ether oxygens (including phenoxy) is 2. The van der Waals surface area contributed by atoms with E-state index in [-0.39, 0.29) is 5.91 Å². The van der Waals surface area contributed by atoms with Crippen LogP contribution in [-0.4, -0.2) is 20.1 Å². The molecule has 0 atom stereocenters. The van der Waals surface area contributed by atoms with E-state index in [4.69, 9.17) is 21.1 Å². The number of nitrogens with one attached hydrogen (secondary N) is 1. The number of halogens is 2. The largest absolute Gasteiger partial charge is 0.496 e. The van der Waals surface area contributed by atoms with Crippen molar-refractivity contribution in [1.29, 1.82) is 0 Å². The molecule has 0 aromatic heterocycles. The third kappa shape index (κ3) is 4.74. The topological polar surface area (TPSA) is 47.6 Å². The molecule has 0 saturated heterocycles. The van der Waals surface area contributed by atoms with Crippen molar-refractivity contribution < 1.29 is 14.3 Å². The number of hydrogen-bond acceptors (Lipinski definition) is 3. The standard InChI is InChI=1S/C17H15BrClNO3/c1-22-15-6-4-12(18)9-11(15)3-8-17(21)20-14-10-13(19)5-7-16(14)23-2/h3-10H,1-2H3,(H,20,21)/b8-3+. The Morgan fingerprint density at radius 2 is 1.83 bits per heavy atom. The van der Waals surface area contributed by atoms with Crippen molar-refractivity contribution in [1.82, 2.24) is 0 Å². The van der Waals surface area contributed by atoms with Crippen LogP contribution in [0.1, 0.15) is 5.56 Å². The lowest BCUT2D eigenvalue weighted by Gasteiger charge is -2.09. The van der Waals surface area contributed by atoms with Gasteiger partial charge in [-0.2, -0.15) is 0 Å². The maximum Gasteiger partial charge on any atom is 0.248 e. The molecule has 0 aliphatic rings. The molecule has 0 bridgehead atoms. The first kappa shape index (κ1) is 17.4. The van der Waals surface area contributed by atoms with Gasteiger partial charge in [0.05, 0.1) is 19.9 Å². The zero-order valence-electron chi connectivity index (χ0n) is 12.6. The average Bonchev–Trinajstić information content (AvgIpc) is 2.53. The maximum atomic E-state index is 12.1. The highest BCUT2D eigenvalue weighted by Gasteiger charge is 2.07. The molecular formula is C17H15BrClNO3. The van der Waals surface area contributed by atoms with Crippen molar-refractivity contribution >= 4 is 45.2 Å². The Bertz CT molecular complexity index is 747.